The Morgan fingerprint density at radius 3 is 2.38 bits per heavy atom. The Labute approximate surface area is 155 Å². The first-order valence-electron chi connectivity index (χ1n) is 7.76. The number of benzene rings is 2. The number of rotatable bonds is 3. The topological polar surface area (TPSA) is 32.7 Å². The molecule has 0 aliphatic carbocycles. The number of hydrogen-bond acceptors (Lipinski definition) is 3. The molecule has 24 heavy (non-hydrogen) atoms. The van der Waals surface area contributed by atoms with Gasteiger partial charge in [0.25, 0.3) is 5.91 Å². The molecule has 0 fully saturated rings. The number of carbonyl (C=O) groups is 1. The molecule has 3 rings (SSSR count). The van der Waals surface area contributed by atoms with E-state index in [9.17, 15) is 4.79 Å². The quantitative estimate of drug-likeness (QED) is 0.689. The zero-order valence-electron chi connectivity index (χ0n) is 13.5. The summed E-state index contributed by atoms with van der Waals surface area (Å²) in [6.45, 7) is 3.97. The van der Waals surface area contributed by atoms with E-state index in [1.807, 2.05) is 56.3 Å². The number of thiocarbonyl (C=S) groups is 1. The van der Waals surface area contributed by atoms with Gasteiger partial charge in [-0.25, -0.2) is 0 Å². The Balaban J connectivity index is 2.02. The Kier molecular flexibility index (Phi) is 4.65. The van der Waals surface area contributed by atoms with Crippen LogP contribution in [0.25, 0.3) is 0 Å². The minimum absolute atomic E-state index is 0.110. The van der Waals surface area contributed by atoms with E-state index >= 15 is 0 Å². The Hall–Kier alpha value is -1.85. The van der Waals surface area contributed by atoms with Crippen molar-refractivity contribution in [2.45, 2.75) is 25.9 Å². The summed E-state index contributed by atoms with van der Waals surface area (Å²) in [7, 11) is 0. The van der Waals surface area contributed by atoms with Crippen LogP contribution in [0.2, 0.25) is 0 Å². The van der Waals surface area contributed by atoms with E-state index in [4.69, 9.17) is 17.2 Å². The highest BCUT2D eigenvalue weighted by molar-refractivity contribution is 9.10. The lowest BCUT2D eigenvalue weighted by molar-refractivity contribution is 0.0734. The Morgan fingerprint density at radius 2 is 1.79 bits per heavy atom. The van der Waals surface area contributed by atoms with Crippen LogP contribution in [0.3, 0.4) is 0 Å². The minimum Gasteiger partial charge on any atom is -0.272 e. The van der Waals surface area contributed by atoms with E-state index in [0.717, 1.165) is 10.0 Å². The van der Waals surface area contributed by atoms with Gasteiger partial charge < -0.3 is 0 Å². The highest BCUT2D eigenvalue weighted by Crippen LogP contribution is 2.32. The third-order valence-electron chi connectivity index (χ3n) is 4.25. The minimum atomic E-state index is -0.660. The highest BCUT2D eigenvalue weighted by Gasteiger charge is 2.44. The third kappa shape index (κ3) is 2.94. The molecule has 1 aliphatic heterocycles. The molecule has 5 heteroatoms. The molecule has 2 aromatic carbocycles. The second-order valence-corrected chi connectivity index (χ2v) is 7.15. The van der Waals surface area contributed by atoms with Crippen LogP contribution in [0.4, 0.5) is 0 Å². The summed E-state index contributed by atoms with van der Waals surface area (Å²) in [6, 6.07) is 17.0. The molecule has 3 nitrogen and oxygen atoms in total. The van der Waals surface area contributed by atoms with Crippen LogP contribution < -0.4 is 0 Å². The maximum atomic E-state index is 13.0. The van der Waals surface area contributed by atoms with Gasteiger partial charge in [0, 0.05) is 15.6 Å². The van der Waals surface area contributed by atoms with Gasteiger partial charge in [0.05, 0.1) is 0 Å². The number of aliphatic imine (C=N–C) groups is 1. The third-order valence-corrected chi connectivity index (χ3v) is 5.16. The molecule has 0 radical (unpaired) electrons. The summed E-state index contributed by atoms with van der Waals surface area (Å²) in [5.41, 5.74) is 1.58. The van der Waals surface area contributed by atoms with Crippen molar-refractivity contribution in [3.8, 4) is 0 Å². The first-order chi connectivity index (χ1) is 11.5. The molecule has 2 aromatic rings. The second kappa shape index (κ2) is 6.57. The molecule has 1 atom stereocenters. The van der Waals surface area contributed by atoms with Crippen LogP contribution in [0, 0.1) is 0 Å². The van der Waals surface area contributed by atoms with Crippen molar-refractivity contribution in [2.75, 3.05) is 0 Å². The summed E-state index contributed by atoms with van der Waals surface area (Å²) in [6.07, 6.45) is 0.686. The molecule has 0 saturated carbocycles. The predicted molar refractivity (Wildman–Crippen MR) is 105 cm³/mol. The van der Waals surface area contributed by atoms with Gasteiger partial charge in [0.2, 0.25) is 0 Å². The molecule has 1 amide bonds. The summed E-state index contributed by atoms with van der Waals surface area (Å²) in [5.74, 6) is -0.110. The Morgan fingerprint density at radius 1 is 1.17 bits per heavy atom. The molecule has 1 heterocycles. The average molecular weight is 401 g/mol. The standard InChI is InChI=1S/C19H17BrN2OS/c1-3-19(2)21-16(13-9-11-15(20)12-10-13)18(24)22(19)17(23)14-7-5-4-6-8-14/h4-12H,3H2,1-2H3/t19-/m0/s1. The van der Waals surface area contributed by atoms with Crippen molar-refractivity contribution < 1.29 is 4.79 Å². The fourth-order valence-electron chi connectivity index (χ4n) is 2.72. The number of hydrogen-bond donors (Lipinski definition) is 0. The van der Waals surface area contributed by atoms with E-state index in [1.54, 1.807) is 17.0 Å². The lowest BCUT2D eigenvalue weighted by atomic mass is 10.1. The molecular formula is C19H17BrN2OS. The summed E-state index contributed by atoms with van der Waals surface area (Å²) in [4.78, 5) is 20.0. The number of carbonyl (C=O) groups excluding carboxylic acids is 1. The number of halogens is 1. The van der Waals surface area contributed by atoms with Gasteiger partial charge in [-0.05, 0) is 37.6 Å². The predicted octanol–water partition coefficient (Wildman–Crippen LogP) is 4.85. The van der Waals surface area contributed by atoms with Crippen LogP contribution in [0.1, 0.15) is 36.2 Å². The van der Waals surface area contributed by atoms with Gasteiger partial charge in [-0.2, -0.15) is 0 Å². The smallest absolute Gasteiger partial charge is 0.260 e. The lowest BCUT2D eigenvalue weighted by Crippen LogP contribution is -2.47. The van der Waals surface area contributed by atoms with Crippen molar-refractivity contribution in [3.05, 3.63) is 70.2 Å². The van der Waals surface area contributed by atoms with Gasteiger partial charge in [0.15, 0.2) is 0 Å². The average Bonchev–Trinajstić information content (AvgIpc) is 2.87. The lowest BCUT2D eigenvalue weighted by Gasteiger charge is -2.31. The first-order valence-corrected chi connectivity index (χ1v) is 8.96. The van der Waals surface area contributed by atoms with Crippen LogP contribution >= 0.6 is 28.1 Å². The fraction of sp³-hybridized carbons (Fsp3) is 0.211. The van der Waals surface area contributed by atoms with E-state index in [1.165, 1.54) is 0 Å². The molecular weight excluding hydrogens is 384 g/mol. The van der Waals surface area contributed by atoms with Crippen LogP contribution in [-0.2, 0) is 0 Å². The first kappa shape index (κ1) is 17.0. The van der Waals surface area contributed by atoms with Crippen LogP contribution in [-0.4, -0.2) is 27.2 Å². The van der Waals surface area contributed by atoms with Crippen molar-refractivity contribution in [2.24, 2.45) is 4.99 Å². The largest absolute Gasteiger partial charge is 0.272 e. The SMILES string of the molecule is CC[C@@]1(C)N=C(c2ccc(Br)cc2)C(=S)N1C(=O)c1ccccc1. The van der Waals surface area contributed by atoms with Crippen LogP contribution in [0.5, 0.6) is 0 Å². The van der Waals surface area contributed by atoms with Gasteiger partial charge in [-0.15, -0.1) is 0 Å². The summed E-state index contributed by atoms with van der Waals surface area (Å²) < 4.78 is 0.992. The molecule has 122 valence electrons. The fourth-order valence-corrected chi connectivity index (χ4v) is 3.42. The second-order valence-electron chi connectivity index (χ2n) is 5.85. The molecule has 0 N–H and O–H groups in total. The summed E-state index contributed by atoms with van der Waals surface area (Å²) in [5, 5.41) is 0. The molecule has 0 aromatic heterocycles. The number of nitrogens with zero attached hydrogens (tertiary/aromatic N) is 2. The van der Waals surface area contributed by atoms with E-state index in [2.05, 4.69) is 15.9 Å². The van der Waals surface area contributed by atoms with Crippen LogP contribution in [0.15, 0.2) is 64.1 Å². The number of amides is 1. The highest BCUT2D eigenvalue weighted by atomic mass is 79.9. The molecule has 0 unspecified atom stereocenters. The zero-order chi connectivity index (χ0) is 17.3. The summed E-state index contributed by atoms with van der Waals surface area (Å²) >= 11 is 9.06. The Bertz CT molecular complexity index is 817. The van der Waals surface area contributed by atoms with Gasteiger partial charge in [0.1, 0.15) is 16.4 Å². The van der Waals surface area contributed by atoms with E-state index in [0.29, 0.717) is 22.7 Å². The van der Waals surface area contributed by atoms with E-state index in [-0.39, 0.29) is 5.91 Å². The molecule has 1 aliphatic rings. The van der Waals surface area contributed by atoms with Crippen molar-refractivity contribution in [1.29, 1.82) is 0 Å². The molecule has 0 bridgehead atoms. The van der Waals surface area contributed by atoms with E-state index < -0.39 is 5.66 Å². The van der Waals surface area contributed by atoms with Gasteiger partial charge in [-0.1, -0.05) is 65.4 Å². The van der Waals surface area contributed by atoms with Gasteiger partial charge >= 0.3 is 0 Å². The van der Waals surface area contributed by atoms with Gasteiger partial charge in [-0.3, -0.25) is 14.7 Å². The van der Waals surface area contributed by atoms with Crippen molar-refractivity contribution >= 4 is 44.8 Å². The van der Waals surface area contributed by atoms with Crippen molar-refractivity contribution in [3.63, 3.8) is 0 Å². The van der Waals surface area contributed by atoms with Crippen molar-refractivity contribution in [1.82, 2.24) is 4.90 Å². The molecule has 0 saturated heterocycles. The monoisotopic (exact) mass is 400 g/mol. The maximum absolute atomic E-state index is 13.0. The normalized spacial score (nSPS) is 20.2. The maximum Gasteiger partial charge on any atom is 0.260 e. The zero-order valence-corrected chi connectivity index (χ0v) is 15.9. The molecule has 0 spiro atoms.